The molecule has 0 aromatic heterocycles. The highest BCUT2D eigenvalue weighted by molar-refractivity contribution is 5.76. The van der Waals surface area contributed by atoms with E-state index in [2.05, 4.69) is 0 Å². The lowest BCUT2D eigenvalue weighted by atomic mass is 9.89. The molecule has 0 spiro atoms. The maximum Gasteiger partial charge on any atom is 0.286 e. The van der Waals surface area contributed by atoms with E-state index in [4.69, 9.17) is 0 Å². The molecule has 1 aliphatic carbocycles. The minimum absolute atomic E-state index is 0.418. The summed E-state index contributed by atoms with van der Waals surface area (Å²) < 4.78 is 23.4. The van der Waals surface area contributed by atoms with Crippen molar-refractivity contribution in [3.05, 3.63) is 0 Å². The van der Waals surface area contributed by atoms with Crippen molar-refractivity contribution >= 4 is 5.91 Å². The van der Waals surface area contributed by atoms with E-state index in [9.17, 15) is 13.8 Å². The van der Waals surface area contributed by atoms with Crippen molar-refractivity contribution in [2.45, 2.75) is 32.1 Å². The number of hydrogen-bond donors (Lipinski definition) is 0. The Labute approximate surface area is 64.0 Å². The van der Waals surface area contributed by atoms with Gasteiger partial charge in [-0.05, 0) is 18.2 Å². The van der Waals surface area contributed by atoms with Crippen LogP contribution >= 0.6 is 0 Å². The number of hydrogen-bond acceptors (Lipinski definition) is 1. The summed E-state index contributed by atoms with van der Waals surface area (Å²) in [5, 5.41) is -1.28. The van der Waals surface area contributed by atoms with E-state index in [1.807, 2.05) is 0 Å². The van der Waals surface area contributed by atoms with Gasteiger partial charge in [-0.25, -0.2) is 0 Å². The van der Waals surface area contributed by atoms with Crippen LogP contribution in [-0.4, -0.2) is 11.3 Å². The molecule has 0 N–H and O–H groups in total. The molecule has 1 saturated carbocycles. The van der Waals surface area contributed by atoms with Gasteiger partial charge in [-0.15, -0.1) is 0 Å². The van der Waals surface area contributed by atoms with Gasteiger partial charge < -0.3 is 0 Å². The molecular weight excluding hydrogens is 152 g/mol. The molecule has 1 rings (SSSR count). The zero-order chi connectivity index (χ0) is 8.27. The first-order chi connectivity index (χ1) is 5.22. The average Bonchev–Trinajstić information content (AvgIpc) is 2.05. The van der Waals surface area contributed by atoms with E-state index in [1.165, 1.54) is 0 Å². The zero-order valence-electron chi connectivity index (χ0n) is 6.22. The second-order valence-electron chi connectivity index (χ2n) is 2.91. The number of carbonyl (C=O) groups excluding carboxylic acids is 1. The number of amides is 1. The number of rotatable bonds is 1. The fourth-order valence-electron chi connectivity index (χ4n) is 1.49. The third-order valence-electron chi connectivity index (χ3n) is 2.12. The van der Waals surface area contributed by atoms with Gasteiger partial charge in [-0.3, -0.25) is 4.79 Å². The predicted octanol–water partition coefficient (Wildman–Crippen LogP) is 2.16. The molecule has 1 fully saturated rings. The fraction of sp³-hybridized carbons (Fsp3) is 0.857. The van der Waals surface area contributed by atoms with Crippen LogP contribution in [0.1, 0.15) is 32.1 Å². The molecule has 0 aromatic carbocycles. The van der Waals surface area contributed by atoms with Crippen molar-refractivity contribution < 1.29 is 13.8 Å². The van der Waals surface area contributed by atoms with Gasteiger partial charge in [-0.1, -0.05) is 28.2 Å². The molecule has 0 aromatic rings. The van der Waals surface area contributed by atoms with Crippen molar-refractivity contribution in [1.82, 2.24) is 5.34 Å². The minimum Gasteiger partial charge on any atom is -0.269 e. The van der Waals surface area contributed by atoms with Crippen LogP contribution in [-0.2, 0) is 4.79 Å². The van der Waals surface area contributed by atoms with Crippen molar-refractivity contribution in [2.24, 2.45) is 5.92 Å². The number of halogens is 2. The molecule has 1 aliphatic rings. The molecule has 2 nitrogen and oxygen atoms in total. The normalized spacial score (nSPS) is 19.8. The van der Waals surface area contributed by atoms with Crippen LogP contribution in [0.25, 0.3) is 0 Å². The highest BCUT2D eigenvalue weighted by Gasteiger charge is 2.26. The van der Waals surface area contributed by atoms with E-state index < -0.39 is 17.2 Å². The van der Waals surface area contributed by atoms with E-state index in [-0.39, 0.29) is 0 Å². The van der Waals surface area contributed by atoms with Gasteiger partial charge in [0.25, 0.3) is 5.91 Å². The Morgan fingerprint density at radius 3 is 2.18 bits per heavy atom. The highest BCUT2D eigenvalue weighted by Crippen LogP contribution is 2.25. The Morgan fingerprint density at radius 2 is 1.73 bits per heavy atom. The summed E-state index contributed by atoms with van der Waals surface area (Å²) in [6, 6.07) is 0. The van der Waals surface area contributed by atoms with Gasteiger partial charge in [-0.2, -0.15) is 0 Å². The number of carbonyl (C=O) groups is 1. The van der Waals surface area contributed by atoms with Crippen LogP contribution in [0.4, 0.5) is 8.96 Å². The quantitative estimate of drug-likeness (QED) is 0.542. The third-order valence-corrected chi connectivity index (χ3v) is 2.12. The molecule has 0 unspecified atom stereocenters. The Bertz CT molecular complexity index is 143. The van der Waals surface area contributed by atoms with E-state index in [0.29, 0.717) is 12.8 Å². The molecule has 4 heteroatoms. The SMILES string of the molecule is O=C(C1CCCCC1)N(F)F. The summed E-state index contributed by atoms with van der Waals surface area (Å²) in [6.07, 6.45) is 4.14. The lowest BCUT2D eigenvalue weighted by Crippen LogP contribution is -2.25. The summed E-state index contributed by atoms with van der Waals surface area (Å²) in [5.41, 5.74) is 0. The van der Waals surface area contributed by atoms with Crippen LogP contribution < -0.4 is 0 Å². The summed E-state index contributed by atoms with van der Waals surface area (Å²) in [5.74, 6) is -1.43. The molecule has 0 saturated heterocycles. The maximum absolute atomic E-state index is 11.7. The minimum atomic E-state index is -1.28. The first kappa shape index (κ1) is 8.43. The summed E-state index contributed by atoms with van der Waals surface area (Å²) in [6.45, 7) is 0. The smallest absolute Gasteiger partial charge is 0.269 e. The predicted molar refractivity (Wildman–Crippen MR) is 35.6 cm³/mol. The average molecular weight is 163 g/mol. The molecule has 0 atom stereocenters. The van der Waals surface area contributed by atoms with Crippen LogP contribution in [0.5, 0.6) is 0 Å². The van der Waals surface area contributed by atoms with Gasteiger partial charge in [0.05, 0.1) is 0 Å². The monoisotopic (exact) mass is 163 g/mol. The Kier molecular flexibility index (Phi) is 2.79. The van der Waals surface area contributed by atoms with Gasteiger partial charge in [0, 0.05) is 5.92 Å². The maximum atomic E-state index is 11.7. The van der Waals surface area contributed by atoms with Gasteiger partial charge in [0.2, 0.25) is 0 Å². The molecule has 0 heterocycles. The Hall–Kier alpha value is -0.670. The molecule has 1 amide bonds. The van der Waals surface area contributed by atoms with E-state index >= 15 is 0 Å². The molecule has 0 aliphatic heterocycles. The topological polar surface area (TPSA) is 20.3 Å². The largest absolute Gasteiger partial charge is 0.286 e. The molecule has 0 radical (unpaired) electrons. The van der Waals surface area contributed by atoms with Gasteiger partial charge >= 0.3 is 0 Å². The van der Waals surface area contributed by atoms with Crippen molar-refractivity contribution in [2.75, 3.05) is 0 Å². The first-order valence-electron chi connectivity index (χ1n) is 3.87. The Balaban J connectivity index is 2.39. The van der Waals surface area contributed by atoms with E-state index in [0.717, 1.165) is 19.3 Å². The van der Waals surface area contributed by atoms with Crippen LogP contribution in [0.15, 0.2) is 0 Å². The van der Waals surface area contributed by atoms with Crippen molar-refractivity contribution in [1.29, 1.82) is 0 Å². The second kappa shape index (κ2) is 3.64. The molecule has 0 bridgehead atoms. The second-order valence-corrected chi connectivity index (χ2v) is 2.91. The third kappa shape index (κ3) is 2.13. The first-order valence-corrected chi connectivity index (χ1v) is 3.87. The standard InChI is InChI=1S/C7H11F2NO/c8-10(9)7(11)6-4-2-1-3-5-6/h6H,1-5H2. The van der Waals surface area contributed by atoms with Gasteiger partial charge in [0.1, 0.15) is 0 Å². The van der Waals surface area contributed by atoms with Crippen LogP contribution in [0.3, 0.4) is 0 Å². The Morgan fingerprint density at radius 1 is 1.18 bits per heavy atom. The molecule has 64 valence electrons. The van der Waals surface area contributed by atoms with Crippen LogP contribution in [0, 0.1) is 5.92 Å². The summed E-state index contributed by atoms with van der Waals surface area (Å²) in [4.78, 5) is 10.7. The van der Waals surface area contributed by atoms with Crippen molar-refractivity contribution in [3.63, 3.8) is 0 Å². The van der Waals surface area contributed by atoms with Crippen molar-refractivity contribution in [3.8, 4) is 0 Å². The highest BCUT2D eigenvalue weighted by atomic mass is 19.4. The summed E-state index contributed by atoms with van der Waals surface area (Å²) in [7, 11) is 0. The molecular formula is C7H11F2NO. The van der Waals surface area contributed by atoms with E-state index in [1.54, 1.807) is 0 Å². The lowest BCUT2D eigenvalue weighted by molar-refractivity contribution is -0.193. The zero-order valence-corrected chi connectivity index (χ0v) is 6.22. The van der Waals surface area contributed by atoms with Crippen LogP contribution in [0.2, 0.25) is 0 Å². The number of nitrogens with zero attached hydrogens (tertiary/aromatic N) is 1. The lowest BCUT2D eigenvalue weighted by Gasteiger charge is -2.19. The fourth-order valence-corrected chi connectivity index (χ4v) is 1.49. The molecule has 11 heavy (non-hydrogen) atoms. The summed E-state index contributed by atoms with van der Waals surface area (Å²) >= 11 is 0. The van der Waals surface area contributed by atoms with Gasteiger partial charge in [0.15, 0.2) is 0 Å².